The molecule has 2 aromatic carbocycles. The molecule has 10 heteroatoms. The van der Waals surface area contributed by atoms with Crippen molar-refractivity contribution >= 4 is 39.0 Å². The summed E-state index contributed by atoms with van der Waals surface area (Å²) in [7, 11) is -3.42. The fraction of sp³-hybridized carbons (Fsp3) is 0.375. The molecule has 34 heavy (non-hydrogen) atoms. The smallest absolute Gasteiger partial charge is 0.231 e. The lowest BCUT2D eigenvalue weighted by atomic mass is 9.78. The van der Waals surface area contributed by atoms with Crippen LogP contribution in [0.2, 0.25) is 10.0 Å². The van der Waals surface area contributed by atoms with Crippen LogP contribution >= 0.6 is 23.2 Å². The second-order valence-corrected chi connectivity index (χ2v) is 11.0. The quantitative estimate of drug-likeness (QED) is 0.289. The van der Waals surface area contributed by atoms with E-state index in [1.807, 2.05) is 36.4 Å². The lowest BCUT2D eigenvalue weighted by molar-refractivity contribution is 0.249. The van der Waals surface area contributed by atoms with Crippen LogP contribution in [-0.4, -0.2) is 26.4 Å². The molecule has 0 radical (unpaired) electrons. The van der Waals surface area contributed by atoms with Gasteiger partial charge in [0.15, 0.2) is 17.3 Å². The van der Waals surface area contributed by atoms with Crippen LogP contribution in [0.25, 0.3) is 0 Å². The first-order valence-corrected chi connectivity index (χ1v) is 13.4. The number of nitrogens with zero attached hydrogens (tertiary/aromatic N) is 1. The zero-order valence-electron chi connectivity index (χ0n) is 19.5. The number of ether oxygens (including phenoxy) is 2. The number of nitrogens with one attached hydrogen (secondary N) is 1. The molecule has 3 aromatic rings. The van der Waals surface area contributed by atoms with E-state index in [0.717, 1.165) is 30.2 Å². The van der Waals surface area contributed by atoms with Crippen molar-refractivity contribution in [3.8, 4) is 11.5 Å². The van der Waals surface area contributed by atoms with Crippen LogP contribution in [0.5, 0.6) is 11.5 Å². The van der Waals surface area contributed by atoms with Crippen LogP contribution in [0, 0.1) is 0 Å². The van der Waals surface area contributed by atoms with E-state index in [-0.39, 0.29) is 17.8 Å². The Morgan fingerprint density at radius 1 is 1.03 bits per heavy atom. The molecule has 0 atom stereocenters. The predicted molar refractivity (Wildman–Crippen MR) is 135 cm³/mol. The number of hydrogen-bond acceptors (Lipinski definition) is 6. The van der Waals surface area contributed by atoms with E-state index in [4.69, 9.17) is 37.2 Å². The highest BCUT2D eigenvalue weighted by molar-refractivity contribution is 7.92. The number of hydrogen-bond donors (Lipinski definition) is 1. The molecule has 0 unspecified atom stereocenters. The minimum Gasteiger partial charge on any atom is -0.490 e. The fourth-order valence-corrected chi connectivity index (χ4v) is 4.36. The number of aromatic nitrogens is 1. The summed E-state index contributed by atoms with van der Waals surface area (Å²) in [6, 6.07) is 12.9. The van der Waals surface area contributed by atoms with Crippen molar-refractivity contribution in [3.05, 3.63) is 69.4 Å². The van der Waals surface area contributed by atoms with Gasteiger partial charge in [-0.15, -0.1) is 0 Å². The molecule has 0 saturated carbocycles. The standard InChI is InChI=1S/C24H28Cl2N2O5S/c1-5-6-11-31-23-20(25)12-17(13-21(23)26)24(2,3)16-7-9-18(10-8-16)32-15-19-14-22(27-33-19)28-34(4,29)30/h7-10,12-14H,5-6,11,15H2,1-4H3,(H,27,28). The third-order valence-electron chi connectivity index (χ3n) is 5.27. The van der Waals surface area contributed by atoms with E-state index >= 15 is 0 Å². The van der Waals surface area contributed by atoms with Gasteiger partial charge in [-0.05, 0) is 41.8 Å². The van der Waals surface area contributed by atoms with Crippen LogP contribution in [-0.2, 0) is 22.0 Å². The molecule has 0 spiro atoms. The van der Waals surface area contributed by atoms with E-state index < -0.39 is 10.0 Å². The highest BCUT2D eigenvalue weighted by atomic mass is 35.5. The summed E-state index contributed by atoms with van der Waals surface area (Å²) in [5.74, 6) is 1.64. The second-order valence-electron chi connectivity index (χ2n) is 8.46. The minimum atomic E-state index is -3.42. The van der Waals surface area contributed by atoms with Gasteiger partial charge in [-0.25, -0.2) is 8.42 Å². The molecule has 0 aliphatic heterocycles. The summed E-state index contributed by atoms with van der Waals surface area (Å²) < 4.78 is 41.4. The van der Waals surface area contributed by atoms with E-state index in [1.54, 1.807) is 0 Å². The molecule has 184 valence electrons. The van der Waals surface area contributed by atoms with Crippen LogP contribution in [0.4, 0.5) is 5.82 Å². The van der Waals surface area contributed by atoms with Gasteiger partial charge in [0, 0.05) is 11.5 Å². The predicted octanol–water partition coefficient (Wildman–Crippen LogP) is 6.44. The zero-order valence-corrected chi connectivity index (χ0v) is 21.9. The topological polar surface area (TPSA) is 90.7 Å². The van der Waals surface area contributed by atoms with Crippen molar-refractivity contribution in [1.82, 2.24) is 5.16 Å². The Labute approximate surface area is 210 Å². The maximum atomic E-state index is 11.3. The minimum absolute atomic E-state index is 0.103. The Kier molecular flexibility index (Phi) is 8.38. The van der Waals surface area contributed by atoms with Crippen molar-refractivity contribution in [1.29, 1.82) is 0 Å². The molecular formula is C24H28Cl2N2O5S. The van der Waals surface area contributed by atoms with Gasteiger partial charge in [0.25, 0.3) is 0 Å². The van der Waals surface area contributed by atoms with Crippen molar-refractivity contribution in [2.24, 2.45) is 0 Å². The Bertz CT molecular complexity index is 1200. The van der Waals surface area contributed by atoms with Crippen molar-refractivity contribution in [2.75, 3.05) is 17.6 Å². The average Bonchev–Trinajstić information content (AvgIpc) is 3.20. The lowest BCUT2D eigenvalue weighted by Gasteiger charge is -2.27. The first kappa shape index (κ1) is 26.2. The SMILES string of the molecule is CCCCOc1c(Cl)cc(C(C)(C)c2ccc(OCc3cc(NS(C)(=O)=O)no3)cc2)cc1Cl. The molecule has 0 saturated heterocycles. The van der Waals surface area contributed by atoms with E-state index in [0.29, 0.717) is 33.9 Å². The molecule has 7 nitrogen and oxygen atoms in total. The van der Waals surface area contributed by atoms with Gasteiger partial charge in [-0.3, -0.25) is 4.72 Å². The normalized spacial score (nSPS) is 11.9. The maximum absolute atomic E-state index is 11.3. The number of sulfonamides is 1. The Morgan fingerprint density at radius 3 is 2.26 bits per heavy atom. The zero-order chi connectivity index (χ0) is 24.9. The third kappa shape index (κ3) is 6.81. The van der Waals surface area contributed by atoms with E-state index in [9.17, 15) is 8.42 Å². The molecule has 1 heterocycles. The molecule has 0 aliphatic carbocycles. The number of unbranched alkanes of at least 4 members (excludes halogenated alkanes) is 1. The number of anilines is 1. The summed E-state index contributed by atoms with van der Waals surface area (Å²) in [5.41, 5.74) is 1.64. The van der Waals surface area contributed by atoms with Gasteiger partial charge >= 0.3 is 0 Å². The molecule has 0 amide bonds. The van der Waals surface area contributed by atoms with E-state index in [2.05, 4.69) is 30.6 Å². The van der Waals surface area contributed by atoms with Crippen molar-refractivity contribution in [2.45, 2.75) is 45.6 Å². The van der Waals surface area contributed by atoms with Gasteiger partial charge in [0.2, 0.25) is 10.0 Å². The van der Waals surface area contributed by atoms with Gasteiger partial charge in [-0.1, -0.05) is 67.7 Å². The Morgan fingerprint density at radius 2 is 1.68 bits per heavy atom. The van der Waals surface area contributed by atoms with Gasteiger partial charge in [0.1, 0.15) is 12.4 Å². The third-order valence-corrected chi connectivity index (χ3v) is 6.41. The Balaban J connectivity index is 1.68. The summed E-state index contributed by atoms with van der Waals surface area (Å²) in [6.07, 6.45) is 3.00. The lowest BCUT2D eigenvalue weighted by Crippen LogP contribution is -2.19. The molecule has 1 aromatic heterocycles. The summed E-state index contributed by atoms with van der Waals surface area (Å²) in [4.78, 5) is 0. The van der Waals surface area contributed by atoms with Crippen LogP contribution in [0.15, 0.2) is 47.0 Å². The monoisotopic (exact) mass is 526 g/mol. The number of rotatable bonds is 11. The summed E-state index contributed by atoms with van der Waals surface area (Å²) >= 11 is 13.0. The molecule has 1 N–H and O–H groups in total. The first-order chi connectivity index (χ1) is 16.0. The maximum Gasteiger partial charge on any atom is 0.231 e. The first-order valence-electron chi connectivity index (χ1n) is 10.8. The molecule has 0 aliphatic rings. The molecule has 0 fully saturated rings. The van der Waals surface area contributed by atoms with Crippen LogP contribution < -0.4 is 14.2 Å². The Hall–Kier alpha value is -2.42. The number of halogens is 2. The summed E-state index contributed by atoms with van der Waals surface area (Å²) in [6.45, 7) is 6.95. The largest absolute Gasteiger partial charge is 0.490 e. The van der Waals surface area contributed by atoms with Gasteiger partial charge in [0.05, 0.1) is 22.9 Å². The molecular weight excluding hydrogens is 499 g/mol. The van der Waals surface area contributed by atoms with E-state index in [1.165, 1.54) is 6.07 Å². The highest BCUT2D eigenvalue weighted by Crippen LogP contribution is 2.40. The van der Waals surface area contributed by atoms with Crippen molar-refractivity contribution in [3.63, 3.8) is 0 Å². The van der Waals surface area contributed by atoms with Gasteiger partial charge < -0.3 is 14.0 Å². The summed E-state index contributed by atoms with van der Waals surface area (Å²) in [5, 5.41) is 4.64. The fourth-order valence-electron chi connectivity index (χ4n) is 3.29. The van der Waals surface area contributed by atoms with Crippen molar-refractivity contribution < 1.29 is 22.4 Å². The average molecular weight is 527 g/mol. The molecule has 0 bridgehead atoms. The van der Waals surface area contributed by atoms with Gasteiger partial charge in [-0.2, -0.15) is 0 Å². The van der Waals surface area contributed by atoms with Crippen LogP contribution in [0.3, 0.4) is 0 Å². The van der Waals surface area contributed by atoms with Crippen LogP contribution in [0.1, 0.15) is 50.5 Å². The highest BCUT2D eigenvalue weighted by Gasteiger charge is 2.25. The molecule has 3 rings (SSSR count). The number of benzene rings is 2. The second kappa shape index (κ2) is 10.9.